The molecule has 4 rings (SSSR count). The summed E-state index contributed by atoms with van der Waals surface area (Å²) in [5, 5.41) is 14.4. The largest absolute Gasteiger partial charge is 0.496 e. The highest BCUT2D eigenvalue weighted by Gasteiger charge is 2.35. The second-order valence-electron chi connectivity index (χ2n) is 9.00. The summed E-state index contributed by atoms with van der Waals surface area (Å²) in [6.07, 6.45) is 11.9. The number of nitrogens with zero attached hydrogens (tertiary/aromatic N) is 1. The highest BCUT2D eigenvalue weighted by molar-refractivity contribution is 6.04. The Morgan fingerprint density at radius 3 is 2.70 bits per heavy atom. The van der Waals surface area contributed by atoms with E-state index >= 15 is 0 Å². The summed E-state index contributed by atoms with van der Waals surface area (Å²) in [4.78, 5) is 12.7. The molecule has 6 nitrogen and oxygen atoms in total. The number of anilines is 1. The van der Waals surface area contributed by atoms with Crippen molar-refractivity contribution < 1.29 is 19.4 Å². The SMILES string of the molecule is COc1cccc2c1c(NC(=O)CCC1CCCCCC1)cn2CCC1(O)COC1. The number of aryl methyl sites for hydroxylation is 1. The zero-order valence-electron chi connectivity index (χ0n) is 18.0. The Morgan fingerprint density at radius 2 is 2.03 bits per heavy atom. The Morgan fingerprint density at radius 1 is 1.27 bits per heavy atom. The van der Waals surface area contributed by atoms with Gasteiger partial charge in [0, 0.05) is 19.2 Å². The average Bonchev–Trinajstić information content (AvgIpc) is 2.90. The van der Waals surface area contributed by atoms with Crippen LogP contribution in [0.15, 0.2) is 24.4 Å². The molecule has 1 aliphatic carbocycles. The lowest BCUT2D eigenvalue weighted by Gasteiger charge is -2.36. The minimum Gasteiger partial charge on any atom is -0.496 e. The molecular formula is C24H34N2O4. The molecule has 1 aliphatic heterocycles. The first-order chi connectivity index (χ1) is 14.6. The van der Waals surface area contributed by atoms with E-state index in [1.165, 1.54) is 38.5 Å². The van der Waals surface area contributed by atoms with Crippen molar-refractivity contribution in [3.8, 4) is 5.75 Å². The van der Waals surface area contributed by atoms with Crippen LogP contribution in [0.3, 0.4) is 0 Å². The zero-order chi connectivity index (χ0) is 21.0. The van der Waals surface area contributed by atoms with E-state index in [0.717, 1.165) is 28.8 Å². The lowest BCUT2D eigenvalue weighted by atomic mass is 9.95. The number of benzene rings is 1. The van der Waals surface area contributed by atoms with Gasteiger partial charge in [-0.2, -0.15) is 0 Å². The normalized spacial score (nSPS) is 19.3. The smallest absolute Gasteiger partial charge is 0.224 e. The quantitative estimate of drug-likeness (QED) is 0.624. The third-order valence-electron chi connectivity index (χ3n) is 6.68. The van der Waals surface area contributed by atoms with Gasteiger partial charge in [0.2, 0.25) is 5.91 Å². The van der Waals surface area contributed by atoms with Gasteiger partial charge < -0.3 is 24.5 Å². The van der Waals surface area contributed by atoms with Crippen LogP contribution in [0.1, 0.15) is 57.8 Å². The number of amides is 1. The summed E-state index contributed by atoms with van der Waals surface area (Å²) in [6.45, 7) is 1.43. The van der Waals surface area contributed by atoms with Gasteiger partial charge in [-0.15, -0.1) is 0 Å². The van der Waals surface area contributed by atoms with Gasteiger partial charge in [0.05, 0.1) is 36.9 Å². The first-order valence-electron chi connectivity index (χ1n) is 11.3. The Bertz CT molecular complexity index is 863. The van der Waals surface area contributed by atoms with Crippen LogP contribution in [-0.4, -0.2) is 41.5 Å². The van der Waals surface area contributed by atoms with Crippen LogP contribution in [0.4, 0.5) is 5.69 Å². The van der Waals surface area contributed by atoms with Crippen molar-refractivity contribution in [3.05, 3.63) is 24.4 Å². The summed E-state index contributed by atoms with van der Waals surface area (Å²) >= 11 is 0. The van der Waals surface area contributed by atoms with Gasteiger partial charge in [-0.3, -0.25) is 4.79 Å². The fourth-order valence-electron chi connectivity index (χ4n) is 4.78. The number of aliphatic hydroxyl groups is 1. The number of nitrogens with one attached hydrogen (secondary N) is 1. The number of hydrogen-bond donors (Lipinski definition) is 2. The van der Waals surface area contributed by atoms with Crippen LogP contribution in [0.2, 0.25) is 0 Å². The highest BCUT2D eigenvalue weighted by atomic mass is 16.5. The van der Waals surface area contributed by atoms with Crippen molar-refractivity contribution in [2.45, 2.75) is 69.9 Å². The molecule has 2 aliphatic rings. The third-order valence-corrected chi connectivity index (χ3v) is 6.68. The van der Waals surface area contributed by atoms with E-state index in [1.54, 1.807) is 7.11 Å². The second-order valence-corrected chi connectivity index (χ2v) is 9.00. The molecular weight excluding hydrogens is 380 g/mol. The van der Waals surface area contributed by atoms with Crippen molar-refractivity contribution in [3.63, 3.8) is 0 Å². The molecule has 164 valence electrons. The van der Waals surface area contributed by atoms with Crippen LogP contribution < -0.4 is 10.1 Å². The van der Waals surface area contributed by atoms with Gasteiger partial charge in [0.25, 0.3) is 0 Å². The summed E-state index contributed by atoms with van der Waals surface area (Å²) in [5.41, 5.74) is 1.04. The maximum Gasteiger partial charge on any atom is 0.224 e. The molecule has 1 aromatic carbocycles. The van der Waals surface area contributed by atoms with Gasteiger partial charge in [0.1, 0.15) is 11.4 Å². The highest BCUT2D eigenvalue weighted by Crippen LogP contribution is 2.35. The summed E-state index contributed by atoms with van der Waals surface area (Å²) in [6, 6.07) is 5.90. The van der Waals surface area contributed by atoms with Crippen molar-refractivity contribution >= 4 is 22.5 Å². The molecule has 30 heavy (non-hydrogen) atoms. The van der Waals surface area contributed by atoms with Crippen molar-refractivity contribution in [1.82, 2.24) is 4.57 Å². The molecule has 0 radical (unpaired) electrons. The number of ether oxygens (including phenoxy) is 2. The minimum atomic E-state index is -0.739. The van der Waals surface area contributed by atoms with E-state index in [4.69, 9.17) is 9.47 Å². The molecule has 0 atom stereocenters. The molecule has 1 aromatic heterocycles. The van der Waals surface area contributed by atoms with Gasteiger partial charge >= 0.3 is 0 Å². The Kier molecular flexibility index (Phi) is 6.64. The van der Waals surface area contributed by atoms with Crippen LogP contribution >= 0.6 is 0 Å². The van der Waals surface area contributed by atoms with Gasteiger partial charge in [-0.05, 0) is 30.9 Å². The summed E-state index contributed by atoms with van der Waals surface area (Å²) < 4.78 is 12.8. The predicted molar refractivity (Wildman–Crippen MR) is 118 cm³/mol. The van der Waals surface area contributed by atoms with E-state index < -0.39 is 5.60 Å². The minimum absolute atomic E-state index is 0.0650. The number of carbonyl (C=O) groups excluding carboxylic acids is 1. The monoisotopic (exact) mass is 414 g/mol. The van der Waals surface area contributed by atoms with E-state index in [-0.39, 0.29) is 5.91 Å². The van der Waals surface area contributed by atoms with Crippen molar-refractivity contribution in [2.75, 3.05) is 25.6 Å². The molecule has 0 bridgehead atoms. The average molecular weight is 415 g/mol. The van der Waals surface area contributed by atoms with Gasteiger partial charge in [-0.1, -0.05) is 44.6 Å². The Balaban J connectivity index is 1.47. The third kappa shape index (κ3) is 4.81. The number of carbonyl (C=O) groups is 1. The molecule has 1 amide bonds. The lowest BCUT2D eigenvalue weighted by Crippen LogP contribution is -2.50. The molecule has 6 heteroatoms. The molecule has 2 fully saturated rings. The molecule has 2 N–H and O–H groups in total. The first-order valence-corrected chi connectivity index (χ1v) is 11.3. The predicted octanol–water partition coefficient (Wildman–Crippen LogP) is 4.49. The lowest BCUT2D eigenvalue weighted by molar-refractivity contribution is -0.182. The zero-order valence-corrected chi connectivity index (χ0v) is 18.0. The van der Waals surface area contributed by atoms with Crippen LogP contribution in [0.25, 0.3) is 10.9 Å². The second kappa shape index (κ2) is 9.40. The summed E-state index contributed by atoms with van der Waals surface area (Å²) in [7, 11) is 1.65. The summed E-state index contributed by atoms with van der Waals surface area (Å²) in [5.74, 6) is 1.49. The molecule has 0 spiro atoms. The number of hydrogen-bond acceptors (Lipinski definition) is 4. The fourth-order valence-corrected chi connectivity index (χ4v) is 4.78. The van der Waals surface area contributed by atoms with Gasteiger partial charge in [0.15, 0.2) is 0 Å². The first kappa shape index (κ1) is 21.2. The molecule has 2 aromatic rings. The number of methoxy groups -OCH3 is 1. The standard InChI is InChI=1S/C24H34N2O4/c1-29-21-10-6-9-20-23(21)19(15-26(20)14-13-24(28)16-30-17-24)25-22(27)12-11-18-7-4-2-3-5-8-18/h6,9-10,15,18,28H,2-5,7-8,11-14,16-17H2,1H3,(H,25,27). The Hall–Kier alpha value is -2.05. The topological polar surface area (TPSA) is 72.7 Å². The number of fused-ring (bicyclic) bond motifs is 1. The molecule has 1 saturated heterocycles. The fraction of sp³-hybridized carbons (Fsp3) is 0.625. The van der Waals surface area contributed by atoms with Crippen molar-refractivity contribution in [2.24, 2.45) is 5.92 Å². The Labute approximate surface area is 178 Å². The number of aromatic nitrogens is 1. The molecule has 0 unspecified atom stereocenters. The maximum absolute atomic E-state index is 12.7. The van der Waals surface area contributed by atoms with E-state index in [9.17, 15) is 9.90 Å². The van der Waals surface area contributed by atoms with E-state index in [2.05, 4.69) is 9.88 Å². The van der Waals surface area contributed by atoms with Crippen LogP contribution in [0.5, 0.6) is 5.75 Å². The number of rotatable bonds is 8. The van der Waals surface area contributed by atoms with Gasteiger partial charge in [-0.25, -0.2) is 0 Å². The van der Waals surface area contributed by atoms with E-state index in [1.807, 2.05) is 24.4 Å². The maximum atomic E-state index is 12.7. The van der Waals surface area contributed by atoms with Crippen molar-refractivity contribution in [1.29, 1.82) is 0 Å². The van der Waals surface area contributed by atoms with Crippen LogP contribution in [-0.2, 0) is 16.1 Å². The molecule has 2 heterocycles. The molecule has 1 saturated carbocycles. The van der Waals surface area contributed by atoms with E-state index in [0.29, 0.717) is 38.5 Å². The van der Waals surface area contributed by atoms with Crippen LogP contribution in [0, 0.1) is 5.92 Å².